The van der Waals surface area contributed by atoms with Gasteiger partial charge < -0.3 is 13.3 Å². The van der Waals surface area contributed by atoms with Gasteiger partial charge in [-0.05, 0) is 36.4 Å². The highest BCUT2D eigenvalue weighted by Crippen LogP contribution is 2.08. The van der Waals surface area contributed by atoms with Crippen LogP contribution >= 0.6 is 0 Å². The van der Waals surface area contributed by atoms with E-state index in [0.717, 1.165) is 32.3 Å². The molecule has 0 atom stereocenters. The van der Waals surface area contributed by atoms with E-state index in [9.17, 15) is 0 Å². The third-order valence-electron chi connectivity index (χ3n) is 5.99. The van der Waals surface area contributed by atoms with E-state index in [0.29, 0.717) is 0 Å². The lowest BCUT2D eigenvalue weighted by Crippen LogP contribution is -2.52. The lowest BCUT2D eigenvalue weighted by atomic mass is 10.7. The van der Waals surface area contributed by atoms with Gasteiger partial charge in [-0.2, -0.15) is 0 Å². The zero-order valence-electron chi connectivity index (χ0n) is 19.5. The molecule has 0 unspecified atom stereocenters. The van der Waals surface area contributed by atoms with Crippen LogP contribution in [0.5, 0.6) is 0 Å². The fraction of sp³-hybridized carbons (Fsp3) is 0.250. The molecule has 0 aliphatic carbocycles. The maximum Gasteiger partial charge on any atom is 0.293 e. The van der Waals surface area contributed by atoms with Crippen molar-refractivity contribution in [1.29, 1.82) is 0 Å². The Bertz CT molecular complexity index is 959. The zero-order chi connectivity index (χ0) is 23.0. The Morgan fingerprint density at radius 2 is 0.806 bits per heavy atom. The van der Waals surface area contributed by atoms with Gasteiger partial charge in [0, 0.05) is 0 Å². The summed E-state index contributed by atoms with van der Waals surface area (Å²) in [4.78, 5) is 0. The number of hydrogen-bond donors (Lipinski definition) is 0. The van der Waals surface area contributed by atoms with Crippen molar-refractivity contribution in [3.05, 3.63) is 73.2 Å². The summed E-state index contributed by atoms with van der Waals surface area (Å²) in [6, 6.07) is 12.6. The van der Waals surface area contributed by atoms with Crippen LogP contribution in [0.1, 0.15) is 0 Å². The molecule has 31 heavy (non-hydrogen) atoms. The Hall–Kier alpha value is -2.07. The van der Waals surface area contributed by atoms with Crippen LogP contribution in [0.25, 0.3) is 0 Å². The molecule has 0 bridgehead atoms. The van der Waals surface area contributed by atoms with Crippen LogP contribution in [0.15, 0.2) is 86.5 Å². The van der Waals surface area contributed by atoms with Crippen molar-refractivity contribution in [3.63, 3.8) is 0 Å². The fourth-order valence-electron chi connectivity index (χ4n) is 3.12. The van der Waals surface area contributed by atoms with Gasteiger partial charge in [0.05, 0.1) is 32.3 Å². The topological polar surface area (TPSA) is 39.4 Å². The third kappa shape index (κ3) is 4.59. The molecule has 3 nitrogen and oxygen atoms in total. The van der Waals surface area contributed by atoms with E-state index in [-0.39, 0.29) is 0 Å². The predicted octanol–water partition coefficient (Wildman–Crippen LogP) is 2.90. The first-order valence-corrected chi connectivity index (χ1v) is 21.3. The molecule has 1 radical (unpaired) electrons. The maximum atomic E-state index is 6.45. The Kier molecular flexibility index (Phi) is 6.44. The zero-order valence-corrected chi connectivity index (χ0v) is 23.5. The van der Waals surface area contributed by atoms with E-state index in [2.05, 4.69) is 113 Å². The van der Waals surface area contributed by atoms with E-state index in [1.807, 2.05) is 0 Å². The summed E-state index contributed by atoms with van der Waals surface area (Å²) in [5.74, 6) is 0. The Morgan fingerprint density at radius 1 is 0.548 bits per heavy atom. The summed E-state index contributed by atoms with van der Waals surface area (Å²) in [5, 5.41) is 5.88. The molecular weight excluding hydrogens is 449 g/mol. The summed E-state index contributed by atoms with van der Waals surface area (Å²) in [6.07, 6.45) is 0. The molecule has 0 aromatic carbocycles. The minimum Gasteiger partial charge on any atom is -0.475 e. The van der Waals surface area contributed by atoms with Gasteiger partial charge in [0.2, 0.25) is 0 Å². The summed E-state index contributed by atoms with van der Waals surface area (Å²) < 4.78 is 19.4. The van der Waals surface area contributed by atoms with Crippen molar-refractivity contribution in [3.8, 4) is 0 Å². The normalized spacial score (nSPS) is 12.9. The number of hydrogen-bond acceptors (Lipinski definition) is 3. The van der Waals surface area contributed by atoms with Crippen LogP contribution in [0.3, 0.4) is 0 Å². The second kappa shape index (κ2) is 8.46. The monoisotopic (exact) mass is 481 g/mol. The Labute approximate surface area is 190 Å². The van der Waals surface area contributed by atoms with Crippen LogP contribution in [-0.2, 0) is 0 Å². The van der Waals surface area contributed by atoms with Crippen molar-refractivity contribution < 1.29 is 13.3 Å². The SMILES string of the molecule is C=C[Si](C)(C)c1ccc([Si](c2ccc([Si](C)(C)C=C)o2)c2ccc([Si](C)(C)C=C)o2)o1. The Balaban J connectivity index is 2.13. The van der Waals surface area contributed by atoms with Crippen molar-refractivity contribution in [2.24, 2.45) is 0 Å². The molecular formula is C24H33O3Si4. The largest absolute Gasteiger partial charge is 0.475 e. The summed E-state index contributed by atoms with van der Waals surface area (Å²) in [7, 11) is -6.96. The van der Waals surface area contributed by atoms with Gasteiger partial charge in [-0.1, -0.05) is 56.4 Å². The molecule has 163 valence electrons. The standard InChI is InChI=1S/C24H33O3Si4/c1-10-29(4,5)22-16-13-19(25-22)28(20-14-17-23(26-20)30(6,7)11-2)21-15-18-24(27-21)31(8,9)12-3/h10-18H,1-3H2,4-9H3. The summed E-state index contributed by atoms with van der Waals surface area (Å²) >= 11 is 0. The summed E-state index contributed by atoms with van der Waals surface area (Å²) in [6.45, 7) is 25.5. The maximum absolute atomic E-state index is 6.45. The van der Waals surface area contributed by atoms with E-state index >= 15 is 0 Å². The quantitative estimate of drug-likeness (QED) is 0.441. The molecule has 0 saturated carbocycles. The molecule has 0 fully saturated rings. The van der Waals surface area contributed by atoms with Crippen LogP contribution in [0.4, 0.5) is 0 Å². The third-order valence-corrected chi connectivity index (χ3v) is 16.0. The molecule has 0 saturated heterocycles. The van der Waals surface area contributed by atoms with Gasteiger partial charge >= 0.3 is 0 Å². The number of furan rings is 3. The summed E-state index contributed by atoms with van der Waals surface area (Å²) in [5.41, 5.74) is 6.15. The lowest BCUT2D eigenvalue weighted by Gasteiger charge is -2.16. The van der Waals surface area contributed by atoms with Gasteiger partial charge in [0.15, 0.2) is 0 Å². The van der Waals surface area contributed by atoms with Crippen LogP contribution in [0.2, 0.25) is 39.3 Å². The van der Waals surface area contributed by atoms with Gasteiger partial charge in [-0.3, -0.25) is 0 Å². The molecule has 3 rings (SSSR count). The second-order valence-electron chi connectivity index (χ2n) is 9.64. The van der Waals surface area contributed by atoms with E-state index in [1.54, 1.807) is 0 Å². The van der Waals surface area contributed by atoms with Crippen molar-refractivity contribution in [2.45, 2.75) is 39.3 Å². The van der Waals surface area contributed by atoms with Gasteiger partial charge in [-0.15, -0.1) is 19.7 Å². The predicted molar refractivity (Wildman–Crippen MR) is 143 cm³/mol. The molecule has 0 spiro atoms. The van der Waals surface area contributed by atoms with Crippen molar-refractivity contribution in [1.82, 2.24) is 0 Å². The molecule has 0 aliphatic heterocycles. The average molecular weight is 482 g/mol. The molecule has 3 aromatic rings. The van der Waals surface area contributed by atoms with E-state index in [4.69, 9.17) is 13.3 Å². The van der Waals surface area contributed by atoms with Gasteiger partial charge in [0.1, 0.15) is 24.2 Å². The Morgan fingerprint density at radius 3 is 1.03 bits per heavy atom. The van der Waals surface area contributed by atoms with Gasteiger partial charge in [-0.25, -0.2) is 0 Å². The lowest BCUT2D eigenvalue weighted by molar-refractivity contribution is 0.607. The molecule has 0 aliphatic rings. The first kappa shape index (κ1) is 23.6. The number of rotatable bonds is 9. The van der Waals surface area contributed by atoms with E-state index in [1.165, 1.54) is 0 Å². The highest BCUT2D eigenvalue weighted by molar-refractivity contribution is 6.97. The molecule has 0 N–H and O–H groups in total. The first-order valence-electron chi connectivity index (χ1n) is 10.5. The molecule has 3 aromatic heterocycles. The minimum atomic E-state index is -1.80. The van der Waals surface area contributed by atoms with Crippen LogP contribution in [-0.4, -0.2) is 33.0 Å². The fourth-order valence-corrected chi connectivity index (χ4v) is 8.80. The second-order valence-corrected chi connectivity index (χ2v) is 24.9. The molecule has 7 heteroatoms. The first-order chi connectivity index (χ1) is 14.4. The van der Waals surface area contributed by atoms with Crippen molar-refractivity contribution >= 4 is 65.3 Å². The van der Waals surface area contributed by atoms with Crippen LogP contribution in [0, 0.1) is 0 Å². The highest BCUT2D eigenvalue weighted by atomic mass is 28.3. The smallest absolute Gasteiger partial charge is 0.293 e. The van der Waals surface area contributed by atoms with Gasteiger partial charge in [0.25, 0.3) is 8.80 Å². The van der Waals surface area contributed by atoms with Crippen molar-refractivity contribution in [2.75, 3.05) is 0 Å². The minimum absolute atomic E-state index is 0.931. The molecule has 3 heterocycles. The molecule has 0 amide bonds. The van der Waals surface area contributed by atoms with Crippen LogP contribution < -0.4 is 32.3 Å². The average Bonchev–Trinajstić information content (AvgIpc) is 3.50. The van der Waals surface area contributed by atoms with E-state index < -0.39 is 33.0 Å². The highest BCUT2D eigenvalue weighted by Gasteiger charge is 2.35.